The van der Waals surface area contributed by atoms with Gasteiger partial charge in [-0.05, 0) is 50.3 Å². The van der Waals surface area contributed by atoms with Crippen LogP contribution in [0.25, 0.3) is 11.6 Å². The van der Waals surface area contributed by atoms with Gasteiger partial charge in [-0.15, -0.1) is 10.2 Å². The van der Waals surface area contributed by atoms with E-state index in [1.807, 2.05) is 39.8 Å². The van der Waals surface area contributed by atoms with Gasteiger partial charge in [0.15, 0.2) is 0 Å². The molecule has 8 nitrogen and oxygen atoms in total. The van der Waals surface area contributed by atoms with Gasteiger partial charge in [0, 0.05) is 11.4 Å². The number of hydrogen-bond donors (Lipinski definition) is 0. The highest BCUT2D eigenvalue weighted by Crippen LogP contribution is 2.16. The van der Waals surface area contributed by atoms with Gasteiger partial charge in [0.05, 0.1) is 11.4 Å². The molecule has 0 radical (unpaired) electrons. The lowest BCUT2D eigenvalue weighted by atomic mass is 10.4. The van der Waals surface area contributed by atoms with E-state index < -0.39 is 0 Å². The molecule has 8 heteroatoms. The second-order valence-corrected chi connectivity index (χ2v) is 4.70. The van der Waals surface area contributed by atoms with Crippen LogP contribution in [0.3, 0.4) is 0 Å². The predicted octanol–water partition coefficient (Wildman–Crippen LogP) is 0.872. The Morgan fingerprint density at radius 1 is 0.700 bits per heavy atom. The summed E-state index contributed by atoms with van der Waals surface area (Å²) in [7, 11) is 0. The van der Waals surface area contributed by atoms with Crippen LogP contribution in [0.1, 0.15) is 22.8 Å². The van der Waals surface area contributed by atoms with Crippen LogP contribution in [0, 0.1) is 27.7 Å². The number of aromatic nitrogens is 8. The summed E-state index contributed by atoms with van der Waals surface area (Å²) in [5.74, 6) is 1.02. The Hall–Kier alpha value is -2.64. The van der Waals surface area contributed by atoms with E-state index in [2.05, 4.69) is 30.8 Å². The van der Waals surface area contributed by atoms with Crippen LogP contribution in [-0.2, 0) is 0 Å². The largest absolute Gasteiger partial charge is 0.224 e. The van der Waals surface area contributed by atoms with E-state index in [1.54, 1.807) is 9.36 Å². The summed E-state index contributed by atoms with van der Waals surface area (Å²) in [6.07, 6.45) is 0. The molecule has 0 atom stereocenters. The topological polar surface area (TPSA) is 87.2 Å². The molecule has 3 aromatic heterocycles. The zero-order chi connectivity index (χ0) is 14.3. The van der Waals surface area contributed by atoms with Crippen molar-refractivity contribution >= 4 is 0 Å². The van der Waals surface area contributed by atoms with Crippen molar-refractivity contribution in [2.75, 3.05) is 0 Å². The molecule has 102 valence electrons. The molecule has 0 aliphatic carbocycles. The maximum absolute atomic E-state index is 4.41. The third-order valence-electron chi connectivity index (χ3n) is 2.94. The van der Waals surface area contributed by atoms with Crippen LogP contribution in [0.4, 0.5) is 0 Å². The van der Waals surface area contributed by atoms with E-state index in [0.717, 1.165) is 22.8 Å². The summed E-state index contributed by atoms with van der Waals surface area (Å²) in [4.78, 5) is 0. The van der Waals surface area contributed by atoms with E-state index in [4.69, 9.17) is 0 Å². The van der Waals surface area contributed by atoms with E-state index in [-0.39, 0.29) is 0 Å². The van der Waals surface area contributed by atoms with Gasteiger partial charge in [-0.1, -0.05) is 0 Å². The smallest absolute Gasteiger partial charge is 0.214 e. The molecule has 0 saturated heterocycles. The molecule has 0 unspecified atom stereocenters. The van der Waals surface area contributed by atoms with Gasteiger partial charge in [0.25, 0.3) is 0 Å². The Labute approximate surface area is 115 Å². The normalized spacial score (nSPS) is 11.0. The zero-order valence-corrected chi connectivity index (χ0v) is 11.7. The lowest BCUT2D eigenvalue weighted by Gasteiger charge is -2.08. The second-order valence-electron chi connectivity index (χ2n) is 4.70. The van der Waals surface area contributed by atoms with E-state index in [9.17, 15) is 0 Å². The molecule has 0 fully saturated rings. The fraction of sp³-hybridized carbons (Fsp3) is 0.333. The van der Waals surface area contributed by atoms with Gasteiger partial charge in [-0.2, -0.15) is 10.2 Å². The Balaban J connectivity index is 2.23. The van der Waals surface area contributed by atoms with Crippen LogP contribution in [0.2, 0.25) is 0 Å². The molecule has 0 aromatic carbocycles. The summed E-state index contributed by atoms with van der Waals surface area (Å²) in [5, 5.41) is 24.2. The van der Waals surface area contributed by atoms with Crippen molar-refractivity contribution < 1.29 is 0 Å². The number of aryl methyl sites for hydroxylation is 4. The molecule has 0 amide bonds. The number of rotatable bonds is 2. The lowest BCUT2D eigenvalue weighted by molar-refractivity contribution is 0.656. The maximum Gasteiger partial charge on any atom is 0.224 e. The third kappa shape index (κ3) is 1.94. The zero-order valence-electron chi connectivity index (χ0n) is 11.7. The van der Waals surface area contributed by atoms with E-state index in [1.165, 1.54) is 0 Å². The van der Waals surface area contributed by atoms with Crippen LogP contribution < -0.4 is 0 Å². The first-order valence-corrected chi connectivity index (χ1v) is 6.19. The van der Waals surface area contributed by atoms with Crippen LogP contribution in [-0.4, -0.2) is 40.2 Å². The molecule has 0 spiro atoms. The standard InChI is InChI=1S/C12H14N8/c1-7-5-9(3)19(15-7)11-12(14-18-17-13-11)20-10(4)6-8(2)16-20/h5-6H,1-4H3. The molecule has 0 N–H and O–H groups in total. The molecule has 0 aliphatic heterocycles. The molecular formula is C12H14N8. The van der Waals surface area contributed by atoms with Crippen molar-refractivity contribution in [2.45, 2.75) is 27.7 Å². The minimum absolute atomic E-state index is 0.511. The van der Waals surface area contributed by atoms with Gasteiger partial charge < -0.3 is 0 Å². The predicted molar refractivity (Wildman–Crippen MR) is 70.8 cm³/mol. The molecular weight excluding hydrogens is 256 g/mol. The third-order valence-corrected chi connectivity index (χ3v) is 2.94. The average molecular weight is 270 g/mol. The summed E-state index contributed by atoms with van der Waals surface area (Å²) in [6, 6.07) is 3.93. The van der Waals surface area contributed by atoms with E-state index in [0.29, 0.717) is 11.6 Å². The van der Waals surface area contributed by atoms with Crippen molar-refractivity contribution in [3.8, 4) is 11.6 Å². The van der Waals surface area contributed by atoms with Crippen molar-refractivity contribution in [3.63, 3.8) is 0 Å². The molecule has 0 bridgehead atoms. The van der Waals surface area contributed by atoms with Crippen LogP contribution >= 0.6 is 0 Å². The van der Waals surface area contributed by atoms with Gasteiger partial charge in [-0.25, -0.2) is 9.36 Å². The lowest BCUT2D eigenvalue weighted by Crippen LogP contribution is -2.14. The first-order valence-electron chi connectivity index (χ1n) is 6.19. The fourth-order valence-electron chi connectivity index (χ4n) is 2.17. The molecule has 20 heavy (non-hydrogen) atoms. The number of nitrogens with zero attached hydrogens (tertiary/aromatic N) is 8. The van der Waals surface area contributed by atoms with Crippen molar-refractivity contribution in [1.29, 1.82) is 0 Å². The Kier molecular flexibility index (Phi) is 2.78. The SMILES string of the molecule is Cc1cc(C)n(-c2nnnnc2-n2nc(C)cc2C)n1. The highest BCUT2D eigenvalue weighted by molar-refractivity contribution is 5.40. The maximum atomic E-state index is 4.41. The highest BCUT2D eigenvalue weighted by Gasteiger charge is 2.17. The van der Waals surface area contributed by atoms with Crippen LogP contribution in [0.15, 0.2) is 12.1 Å². The van der Waals surface area contributed by atoms with Crippen LogP contribution in [0.5, 0.6) is 0 Å². The molecule has 3 aromatic rings. The summed E-state index contributed by atoms with van der Waals surface area (Å²) >= 11 is 0. The van der Waals surface area contributed by atoms with Gasteiger partial charge in [0.1, 0.15) is 0 Å². The summed E-state index contributed by atoms with van der Waals surface area (Å²) in [6.45, 7) is 7.75. The fourth-order valence-corrected chi connectivity index (χ4v) is 2.17. The quantitative estimate of drug-likeness (QED) is 0.686. The molecule has 0 aliphatic rings. The summed E-state index contributed by atoms with van der Waals surface area (Å²) < 4.78 is 3.39. The first kappa shape index (κ1) is 12.4. The molecule has 0 saturated carbocycles. The minimum Gasteiger partial charge on any atom is -0.214 e. The Morgan fingerprint density at radius 2 is 1.10 bits per heavy atom. The number of hydrogen-bond acceptors (Lipinski definition) is 6. The van der Waals surface area contributed by atoms with Gasteiger partial charge >= 0.3 is 0 Å². The Bertz CT molecular complexity index is 704. The monoisotopic (exact) mass is 270 g/mol. The second kappa shape index (κ2) is 4.48. The highest BCUT2D eigenvalue weighted by atomic mass is 15.5. The first-order chi connectivity index (χ1) is 9.56. The van der Waals surface area contributed by atoms with Gasteiger partial charge in [-0.3, -0.25) is 0 Å². The average Bonchev–Trinajstić information content (AvgIpc) is 2.91. The Morgan fingerprint density at radius 3 is 1.40 bits per heavy atom. The van der Waals surface area contributed by atoms with Crippen molar-refractivity contribution in [1.82, 2.24) is 40.2 Å². The van der Waals surface area contributed by atoms with Crippen molar-refractivity contribution in [2.24, 2.45) is 0 Å². The van der Waals surface area contributed by atoms with Crippen molar-refractivity contribution in [3.05, 3.63) is 34.9 Å². The minimum atomic E-state index is 0.511. The van der Waals surface area contributed by atoms with E-state index >= 15 is 0 Å². The molecule has 3 heterocycles. The molecule has 3 rings (SSSR count). The summed E-state index contributed by atoms with van der Waals surface area (Å²) in [5.41, 5.74) is 3.71. The van der Waals surface area contributed by atoms with Gasteiger partial charge in [0.2, 0.25) is 11.6 Å².